The van der Waals surface area contributed by atoms with Gasteiger partial charge in [0, 0.05) is 24.8 Å². The number of hydrogen-bond acceptors (Lipinski definition) is 7. The Hall–Kier alpha value is -3.68. The molecular formula is C27H28FN3O7S2. The number of amides is 1. The van der Waals surface area contributed by atoms with E-state index in [2.05, 4.69) is 5.32 Å². The Morgan fingerprint density at radius 1 is 0.850 bits per heavy atom. The molecule has 0 atom stereocenters. The molecule has 3 aromatic carbocycles. The Morgan fingerprint density at radius 3 is 2.23 bits per heavy atom. The molecule has 2 aliphatic heterocycles. The van der Waals surface area contributed by atoms with Gasteiger partial charge in [-0.25, -0.2) is 21.2 Å². The quantitative estimate of drug-likeness (QED) is 0.426. The number of halogens is 1. The van der Waals surface area contributed by atoms with Gasteiger partial charge < -0.3 is 14.8 Å². The number of hydrogen-bond donors (Lipinski definition) is 1. The van der Waals surface area contributed by atoms with Crippen molar-refractivity contribution in [2.45, 2.75) is 29.1 Å². The monoisotopic (exact) mass is 589 g/mol. The van der Waals surface area contributed by atoms with Crippen molar-refractivity contribution >= 4 is 37.3 Å². The summed E-state index contributed by atoms with van der Waals surface area (Å²) >= 11 is 0. The fourth-order valence-electron chi connectivity index (χ4n) is 4.55. The Morgan fingerprint density at radius 2 is 1.52 bits per heavy atom. The highest BCUT2D eigenvalue weighted by molar-refractivity contribution is 7.92. The third kappa shape index (κ3) is 5.91. The number of piperidine rings is 1. The summed E-state index contributed by atoms with van der Waals surface area (Å²) < 4.78 is 80.5. The average Bonchev–Trinajstić information content (AvgIpc) is 2.96. The summed E-state index contributed by atoms with van der Waals surface area (Å²) in [5.41, 5.74) is 0.228. The SMILES string of the molecule is O=C(CN(c1cccc(F)c1)S(=O)(=O)c1ccc2c(c1)OCCO2)Nc1ccc(S(=O)(=O)N2CCCCC2)cc1. The van der Waals surface area contributed by atoms with Crippen molar-refractivity contribution in [2.24, 2.45) is 0 Å². The predicted octanol–water partition coefficient (Wildman–Crippen LogP) is 3.61. The Labute approximate surface area is 232 Å². The van der Waals surface area contributed by atoms with Crippen LogP contribution in [0.15, 0.2) is 76.5 Å². The van der Waals surface area contributed by atoms with Crippen molar-refractivity contribution in [3.63, 3.8) is 0 Å². The smallest absolute Gasteiger partial charge is 0.264 e. The lowest BCUT2D eigenvalue weighted by Gasteiger charge is -2.26. The Kier molecular flexibility index (Phi) is 7.97. The second kappa shape index (κ2) is 11.4. The summed E-state index contributed by atoms with van der Waals surface area (Å²) in [7, 11) is -7.99. The highest BCUT2D eigenvalue weighted by Crippen LogP contribution is 2.34. The molecule has 5 rings (SSSR count). The molecular weight excluding hydrogens is 561 g/mol. The molecule has 0 aromatic heterocycles. The largest absolute Gasteiger partial charge is 0.486 e. The van der Waals surface area contributed by atoms with Gasteiger partial charge in [0.05, 0.1) is 15.5 Å². The molecule has 0 aliphatic carbocycles. The van der Waals surface area contributed by atoms with E-state index in [0.29, 0.717) is 25.4 Å². The number of sulfonamides is 2. The van der Waals surface area contributed by atoms with Gasteiger partial charge in [-0.3, -0.25) is 9.10 Å². The van der Waals surface area contributed by atoms with Crippen LogP contribution in [-0.4, -0.2) is 59.9 Å². The second-order valence-electron chi connectivity index (χ2n) is 9.33. The number of carbonyl (C=O) groups is 1. The minimum absolute atomic E-state index is 0.0481. The molecule has 0 unspecified atom stereocenters. The van der Waals surface area contributed by atoms with E-state index >= 15 is 0 Å². The van der Waals surface area contributed by atoms with Gasteiger partial charge in [-0.15, -0.1) is 0 Å². The molecule has 1 amide bonds. The van der Waals surface area contributed by atoms with Gasteiger partial charge in [-0.2, -0.15) is 4.31 Å². The van der Waals surface area contributed by atoms with E-state index < -0.39 is 38.3 Å². The lowest BCUT2D eigenvalue weighted by Crippen LogP contribution is -2.38. The molecule has 0 bridgehead atoms. The molecule has 13 heteroatoms. The van der Waals surface area contributed by atoms with E-state index in [0.717, 1.165) is 35.7 Å². The number of rotatable bonds is 8. The number of benzene rings is 3. The van der Waals surface area contributed by atoms with Crippen molar-refractivity contribution in [1.29, 1.82) is 0 Å². The summed E-state index contributed by atoms with van der Waals surface area (Å²) in [6.07, 6.45) is 2.61. The summed E-state index contributed by atoms with van der Waals surface area (Å²) in [4.78, 5) is 13.0. The first-order valence-electron chi connectivity index (χ1n) is 12.7. The van der Waals surface area contributed by atoms with Crippen molar-refractivity contribution in [3.8, 4) is 11.5 Å². The number of fused-ring (bicyclic) bond motifs is 1. The molecule has 1 fully saturated rings. The second-order valence-corrected chi connectivity index (χ2v) is 13.1. The summed E-state index contributed by atoms with van der Waals surface area (Å²) in [5.74, 6) is -0.746. The zero-order valence-electron chi connectivity index (χ0n) is 21.5. The number of carbonyl (C=O) groups excluding carboxylic acids is 1. The van der Waals surface area contributed by atoms with Gasteiger partial charge in [0.15, 0.2) is 11.5 Å². The topological polar surface area (TPSA) is 122 Å². The number of nitrogens with one attached hydrogen (secondary N) is 1. The molecule has 212 valence electrons. The fraction of sp³-hybridized carbons (Fsp3) is 0.296. The molecule has 10 nitrogen and oxygen atoms in total. The van der Waals surface area contributed by atoms with Crippen LogP contribution in [0.5, 0.6) is 11.5 Å². The van der Waals surface area contributed by atoms with Crippen LogP contribution in [0.1, 0.15) is 19.3 Å². The van der Waals surface area contributed by atoms with E-state index in [4.69, 9.17) is 9.47 Å². The van der Waals surface area contributed by atoms with Crippen LogP contribution in [0.25, 0.3) is 0 Å². The molecule has 0 saturated carbocycles. The van der Waals surface area contributed by atoms with Gasteiger partial charge in [0.2, 0.25) is 15.9 Å². The van der Waals surface area contributed by atoms with Crippen LogP contribution in [0.3, 0.4) is 0 Å². The van der Waals surface area contributed by atoms with Gasteiger partial charge >= 0.3 is 0 Å². The van der Waals surface area contributed by atoms with E-state index in [-0.39, 0.29) is 33.5 Å². The Bertz CT molecular complexity index is 1610. The molecule has 1 N–H and O–H groups in total. The molecule has 2 heterocycles. The zero-order valence-corrected chi connectivity index (χ0v) is 23.1. The first kappa shape index (κ1) is 27.9. The number of nitrogens with zero attached hydrogens (tertiary/aromatic N) is 2. The summed E-state index contributed by atoms with van der Waals surface area (Å²) in [6, 6.07) is 14.7. The number of anilines is 2. The molecule has 2 aliphatic rings. The van der Waals surface area contributed by atoms with Crippen LogP contribution >= 0.6 is 0 Å². The highest BCUT2D eigenvalue weighted by atomic mass is 32.2. The fourth-order valence-corrected chi connectivity index (χ4v) is 7.50. The van der Waals surface area contributed by atoms with Crippen LogP contribution in [-0.2, 0) is 24.8 Å². The minimum atomic E-state index is -4.34. The normalized spacial score (nSPS) is 15.8. The molecule has 40 heavy (non-hydrogen) atoms. The van der Waals surface area contributed by atoms with Crippen molar-refractivity contribution in [1.82, 2.24) is 4.31 Å². The van der Waals surface area contributed by atoms with Crippen LogP contribution < -0.4 is 19.1 Å². The van der Waals surface area contributed by atoms with Crippen molar-refractivity contribution < 1.29 is 35.5 Å². The maximum absolute atomic E-state index is 14.1. The third-order valence-electron chi connectivity index (χ3n) is 6.58. The minimum Gasteiger partial charge on any atom is -0.486 e. The first-order chi connectivity index (χ1) is 19.1. The lowest BCUT2D eigenvalue weighted by atomic mass is 10.2. The van der Waals surface area contributed by atoms with Crippen LogP contribution in [0, 0.1) is 5.82 Å². The van der Waals surface area contributed by atoms with Gasteiger partial charge in [0.25, 0.3) is 10.0 Å². The highest BCUT2D eigenvalue weighted by Gasteiger charge is 2.30. The van der Waals surface area contributed by atoms with E-state index in [9.17, 15) is 26.0 Å². The lowest BCUT2D eigenvalue weighted by molar-refractivity contribution is -0.114. The van der Waals surface area contributed by atoms with E-state index in [1.54, 1.807) is 0 Å². The Balaban J connectivity index is 1.37. The van der Waals surface area contributed by atoms with Crippen LogP contribution in [0.4, 0.5) is 15.8 Å². The van der Waals surface area contributed by atoms with Crippen molar-refractivity contribution in [2.75, 3.05) is 42.5 Å². The van der Waals surface area contributed by atoms with Crippen LogP contribution in [0.2, 0.25) is 0 Å². The first-order valence-corrected chi connectivity index (χ1v) is 15.6. The van der Waals surface area contributed by atoms with Gasteiger partial charge in [-0.1, -0.05) is 12.5 Å². The predicted molar refractivity (Wildman–Crippen MR) is 146 cm³/mol. The summed E-state index contributed by atoms with van der Waals surface area (Å²) in [6.45, 7) is 0.849. The molecule has 3 aromatic rings. The van der Waals surface area contributed by atoms with E-state index in [1.165, 1.54) is 58.9 Å². The van der Waals surface area contributed by atoms with Gasteiger partial charge in [-0.05, 0) is 67.4 Å². The zero-order chi connectivity index (χ0) is 28.3. The molecule has 0 radical (unpaired) electrons. The maximum Gasteiger partial charge on any atom is 0.264 e. The molecule has 1 saturated heterocycles. The maximum atomic E-state index is 14.1. The average molecular weight is 590 g/mol. The summed E-state index contributed by atoms with van der Waals surface area (Å²) in [5, 5.41) is 2.60. The number of ether oxygens (including phenoxy) is 2. The van der Waals surface area contributed by atoms with E-state index in [1.807, 2.05) is 0 Å². The third-order valence-corrected chi connectivity index (χ3v) is 10.3. The standard InChI is InChI=1S/C27H28FN3O7S2/c28-20-5-4-6-22(17-20)31(40(35,36)24-11-12-25-26(18-24)38-16-15-37-25)19-27(32)29-21-7-9-23(10-8-21)39(33,34)30-13-2-1-3-14-30/h4-12,17-18H,1-3,13-16,19H2,(H,29,32). The molecule has 0 spiro atoms. The van der Waals surface area contributed by atoms with Crippen molar-refractivity contribution in [3.05, 3.63) is 72.5 Å². The van der Waals surface area contributed by atoms with Gasteiger partial charge in [0.1, 0.15) is 25.6 Å².